The van der Waals surface area contributed by atoms with Crippen LogP contribution in [0.15, 0.2) is 89.9 Å². The van der Waals surface area contributed by atoms with E-state index in [0.29, 0.717) is 35.4 Å². The minimum atomic E-state index is -2.95. The lowest BCUT2D eigenvalue weighted by molar-refractivity contribution is 0.146. The number of benzene rings is 3. The molecule has 1 saturated carbocycles. The van der Waals surface area contributed by atoms with E-state index in [1.54, 1.807) is 24.6 Å². The molecule has 0 saturated heterocycles. The Morgan fingerprint density at radius 3 is 2.06 bits per heavy atom. The molecule has 2 heterocycles. The largest absolute Gasteiger partial charge is 0.490 e. The number of alkyl halides is 2. The van der Waals surface area contributed by atoms with Gasteiger partial charge in [0, 0.05) is 11.8 Å². The molecule has 11 heteroatoms. The van der Waals surface area contributed by atoms with Gasteiger partial charge in [0.25, 0.3) is 20.3 Å². The van der Waals surface area contributed by atoms with Crippen LogP contribution in [0.1, 0.15) is 70.0 Å². The molecule has 49 heavy (non-hydrogen) atoms. The Balaban J connectivity index is 1.44. The SMILES string of the molecule is COc1c(=O)n(C2(CO[Si](c3ccccc3)(c3ccccc3)C(C)(C)C)CC2)cc2c(N[C@H](C)c3cccc(C(F)F)c3F)nc(C)nc12. The summed E-state index contributed by atoms with van der Waals surface area (Å²) in [6, 6.07) is 23.9. The van der Waals surface area contributed by atoms with Gasteiger partial charge in [-0.1, -0.05) is 99.6 Å². The molecule has 0 radical (unpaired) electrons. The fourth-order valence-corrected chi connectivity index (χ4v) is 11.5. The van der Waals surface area contributed by atoms with Crippen LogP contribution in [0, 0.1) is 12.7 Å². The summed E-state index contributed by atoms with van der Waals surface area (Å²) in [4.78, 5) is 23.3. The number of hydrogen-bond acceptors (Lipinski definition) is 6. The van der Waals surface area contributed by atoms with Crippen LogP contribution < -0.4 is 26.0 Å². The molecule has 5 aromatic rings. The molecule has 0 spiro atoms. The lowest BCUT2D eigenvalue weighted by atomic mass is 10.0. The van der Waals surface area contributed by atoms with E-state index in [-0.39, 0.29) is 28.5 Å². The second-order valence-corrected chi connectivity index (χ2v) is 18.1. The van der Waals surface area contributed by atoms with Gasteiger partial charge < -0.3 is 19.0 Å². The molecule has 3 aromatic carbocycles. The zero-order valence-electron chi connectivity index (χ0n) is 28.6. The molecule has 6 rings (SSSR count). The number of fused-ring (bicyclic) bond motifs is 1. The molecular weight excluding hydrogens is 646 g/mol. The molecule has 1 N–H and O–H groups in total. The Hall–Kier alpha value is -4.48. The molecule has 7 nitrogen and oxygen atoms in total. The fourth-order valence-electron chi connectivity index (χ4n) is 6.88. The van der Waals surface area contributed by atoms with E-state index in [4.69, 9.17) is 9.16 Å². The molecule has 256 valence electrons. The number of nitrogens with zero attached hydrogens (tertiary/aromatic N) is 3. The molecule has 1 atom stereocenters. The molecule has 0 unspecified atom stereocenters. The predicted octanol–water partition coefficient (Wildman–Crippen LogP) is 7.42. The predicted molar refractivity (Wildman–Crippen MR) is 189 cm³/mol. The lowest BCUT2D eigenvalue weighted by Crippen LogP contribution is -2.67. The highest BCUT2D eigenvalue weighted by atomic mass is 28.4. The first-order valence-corrected chi connectivity index (χ1v) is 18.3. The summed E-state index contributed by atoms with van der Waals surface area (Å²) in [5.41, 5.74) is -1.29. The van der Waals surface area contributed by atoms with Gasteiger partial charge in [-0.3, -0.25) is 4.79 Å². The minimum Gasteiger partial charge on any atom is -0.490 e. The van der Waals surface area contributed by atoms with E-state index in [1.165, 1.54) is 19.2 Å². The van der Waals surface area contributed by atoms with Crippen LogP contribution in [-0.4, -0.2) is 36.6 Å². The lowest BCUT2D eigenvalue weighted by Gasteiger charge is -2.44. The van der Waals surface area contributed by atoms with Gasteiger partial charge in [0.2, 0.25) is 5.75 Å². The van der Waals surface area contributed by atoms with Crippen LogP contribution in [0.5, 0.6) is 5.75 Å². The van der Waals surface area contributed by atoms with Crippen molar-refractivity contribution in [2.45, 2.75) is 70.5 Å². The number of ether oxygens (including phenoxy) is 1. The number of nitrogens with one attached hydrogen (secondary N) is 1. The number of pyridine rings is 1. The van der Waals surface area contributed by atoms with E-state index in [1.807, 2.05) is 36.4 Å². The summed E-state index contributed by atoms with van der Waals surface area (Å²) in [6.07, 6.45) is 0.186. The molecule has 2 aromatic heterocycles. The van der Waals surface area contributed by atoms with Crippen LogP contribution in [0.4, 0.5) is 19.0 Å². The molecule has 0 amide bonds. The van der Waals surface area contributed by atoms with E-state index in [2.05, 4.69) is 60.3 Å². The van der Waals surface area contributed by atoms with Crippen molar-refractivity contribution >= 4 is 35.4 Å². The second kappa shape index (κ2) is 13.1. The zero-order valence-corrected chi connectivity index (χ0v) is 29.6. The molecular formula is C38H41F3N4O3Si. The summed E-state index contributed by atoms with van der Waals surface area (Å²) in [5, 5.41) is 5.71. The van der Waals surface area contributed by atoms with E-state index >= 15 is 4.39 Å². The summed E-state index contributed by atoms with van der Waals surface area (Å²) in [5.74, 6) is -0.232. The van der Waals surface area contributed by atoms with Crippen molar-refractivity contribution < 1.29 is 22.3 Å². The molecule has 1 fully saturated rings. The monoisotopic (exact) mass is 686 g/mol. The van der Waals surface area contributed by atoms with Crippen molar-refractivity contribution in [3.8, 4) is 5.75 Å². The van der Waals surface area contributed by atoms with Crippen molar-refractivity contribution in [1.82, 2.24) is 14.5 Å². The quantitative estimate of drug-likeness (QED) is 0.146. The van der Waals surface area contributed by atoms with Gasteiger partial charge in [-0.25, -0.2) is 23.1 Å². The van der Waals surface area contributed by atoms with Gasteiger partial charge in [-0.15, -0.1) is 0 Å². The van der Waals surface area contributed by atoms with Crippen LogP contribution in [0.25, 0.3) is 10.9 Å². The summed E-state index contributed by atoms with van der Waals surface area (Å²) in [6.45, 7) is 10.3. The van der Waals surface area contributed by atoms with Crippen LogP contribution in [0.3, 0.4) is 0 Å². The van der Waals surface area contributed by atoms with Gasteiger partial charge in [0.15, 0.2) is 0 Å². The average molecular weight is 687 g/mol. The van der Waals surface area contributed by atoms with Crippen molar-refractivity contribution in [2.75, 3.05) is 19.0 Å². The second-order valence-electron chi connectivity index (χ2n) is 13.8. The number of methoxy groups -OCH3 is 1. The van der Waals surface area contributed by atoms with Gasteiger partial charge in [0.05, 0.1) is 36.2 Å². The summed E-state index contributed by atoms with van der Waals surface area (Å²) in [7, 11) is -1.49. The molecule has 1 aliphatic rings. The number of hydrogen-bond donors (Lipinski definition) is 1. The number of anilines is 1. The third kappa shape index (κ3) is 6.14. The first-order chi connectivity index (χ1) is 23.3. The van der Waals surface area contributed by atoms with Crippen molar-refractivity contribution in [1.29, 1.82) is 0 Å². The Bertz CT molecular complexity index is 1990. The smallest absolute Gasteiger partial charge is 0.295 e. The summed E-state index contributed by atoms with van der Waals surface area (Å²) < 4.78 is 56.8. The zero-order chi connectivity index (χ0) is 35.1. The van der Waals surface area contributed by atoms with Crippen LogP contribution >= 0.6 is 0 Å². The molecule has 1 aliphatic carbocycles. The number of halogens is 3. The third-order valence-electron chi connectivity index (χ3n) is 9.57. The Morgan fingerprint density at radius 2 is 1.53 bits per heavy atom. The topological polar surface area (TPSA) is 78.3 Å². The van der Waals surface area contributed by atoms with Gasteiger partial charge >= 0.3 is 0 Å². The van der Waals surface area contributed by atoms with Crippen LogP contribution in [-0.2, 0) is 9.96 Å². The molecule has 0 aliphatic heterocycles. The Labute approximate surface area is 285 Å². The normalized spacial score (nSPS) is 15.0. The van der Waals surface area contributed by atoms with Gasteiger partial charge in [-0.2, -0.15) is 0 Å². The van der Waals surface area contributed by atoms with Crippen molar-refractivity contribution in [3.05, 3.63) is 118 Å². The number of aromatic nitrogens is 3. The maximum atomic E-state index is 15.2. The first kappa shape index (κ1) is 34.4. The van der Waals surface area contributed by atoms with Crippen molar-refractivity contribution in [3.63, 3.8) is 0 Å². The highest BCUT2D eigenvalue weighted by molar-refractivity contribution is 6.99. The third-order valence-corrected chi connectivity index (χ3v) is 14.6. The fraction of sp³-hybridized carbons (Fsp3) is 0.342. The van der Waals surface area contributed by atoms with E-state index in [9.17, 15) is 13.6 Å². The molecule has 0 bridgehead atoms. The van der Waals surface area contributed by atoms with Crippen LogP contribution in [0.2, 0.25) is 5.04 Å². The Kier molecular flexibility index (Phi) is 9.19. The highest BCUT2D eigenvalue weighted by Crippen LogP contribution is 2.47. The number of aryl methyl sites for hydroxylation is 1. The maximum Gasteiger partial charge on any atom is 0.295 e. The van der Waals surface area contributed by atoms with E-state index < -0.39 is 37.7 Å². The average Bonchev–Trinajstić information content (AvgIpc) is 3.86. The number of rotatable bonds is 11. The maximum absolute atomic E-state index is 15.2. The summed E-state index contributed by atoms with van der Waals surface area (Å²) >= 11 is 0. The first-order valence-electron chi connectivity index (χ1n) is 16.4. The standard InChI is InChI=1S/C38H41F3N4O3Si/c1-24(28-18-13-19-29(31(28)39)34(40)41)42-35-30-22-45(36(46)33(47-6)32(30)43-25(2)44-35)38(20-21-38)23-48-49(37(3,4)5,26-14-9-7-10-15-26)27-16-11-8-12-17-27/h7-19,22,24,34H,20-21,23H2,1-6H3,(H,42,43,44)/t24-/m1/s1. The highest BCUT2D eigenvalue weighted by Gasteiger charge is 2.54. The van der Waals surface area contributed by atoms with Gasteiger partial charge in [-0.05, 0) is 42.1 Å². The minimum absolute atomic E-state index is 0.0568. The van der Waals surface area contributed by atoms with Crippen molar-refractivity contribution in [2.24, 2.45) is 0 Å². The Morgan fingerprint density at radius 1 is 0.939 bits per heavy atom. The van der Waals surface area contributed by atoms with E-state index in [0.717, 1.165) is 16.4 Å². The van der Waals surface area contributed by atoms with Gasteiger partial charge in [0.1, 0.15) is 23.0 Å².